The van der Waals surface area contributed by atoms with Gasteiger partial charge in [0.15, 0.2) is 11.5 Å². The molecule has 3 N–H and O–H groups in total. The molecule has 0 saturated heterocycles. The summed E-state index contributed by atoms with van der Waals surface area (Å²) < 4.78 is 12.1. The lowest BCUT2D eigenvalue weighted by Gasteiger charge is -2.14. The van der Waals surface area contributed by atoms with E-state index in [1.807, 2.05) is 19.3 Å². The summed E-state index contributed by atoms with van der Waals surface area (Å²) in [4.78, 5) is 11.9. The fourth-order valence-corrected chi connectivity index (χ4v) is 2.20. The van der Waals surface area contributed by atoms with Crippen molar-refractivity contribution in [3.63, 3.8) is 0 Å². The number of hydrogen-bond acceptors (Lipinski definition) is 4. The highest BCUT2D eigenvalue weighted by atomic mass is 16.5. The zero-order valence-corrected chi connectivity index (χ0v) is 13.4. The molecule has 124 valence electrons. The van der Waals surface area contributed by atoms with E-state index < -0.39 is 12.1 Å². The van der Waals surface area contributed by atoms with Gasteiger partial charge in [-0.25, -0.2) is 4.79 Å². The van der Waals surface area contributed by atoms with E-state index in [0.29, 0.717) is 17.2 Å². The van der Waals surface area contributed by atoms with Gasteiger partial charge in [0.25, 0.3) is 0 Å². The van der Waals surface area contributed by atoms with Gasteiger partial charge in [-0.15, -0.1) is 0 Å². The summed E-state index contributed by atoms with van der Waals surface area (Å²) in [5.74, 6) is 1.10. The topological polar surface area (TPSA) is 84.8 Å². The first-order valence-corrected chi connectivity index (χ1v) is 7.11. The molecule has 2 rings (SSSR count). The van der Waals surface area contributed by atoms with E-state index in [9.17, 15) is 9.90 Å². The zero-order valence-electron chi connectivity index (χ0n) is 13.4. The van der Waals surface area contributed by atoms with Crippen LogP contribution in [0.5, 0.6) is 11.5 Å². The van der Waals surface area contributed by atoms with Crippen LogP contribution < -0.4 is 20.1 Å². The predicted octanol–water partition coefficient (Wildman–Crippen LogP) is 1.90. The Hall–Kier alpha value is -2.67. The van der Waals surface area contributed by atoms with Crippen LogP contribution in [0, 0.1) is 0 Å². The standard InChI is InChI=1S/C16H21N3O4/c1-19-8-4-5-12(19)13(20)10-17-16(21)18-11-6-7-14(22-2)15(9-11)23-3/h4-9,13,20H,10H2,1-3H3,(H2,17,18,21). The van der Waals surface area contributed by atoms with Gasteiger partial charge >= 0.3 is 6.03 Å². The number of methoxy groups -OCH3 is 2. The van der Waals surface area contributed by atoms with Crippen molar-refractivity contribution in [1.29, 1.82) is 0 Å². The van der Waals surface area contributed by atoms with Crippen LogP contribution in [0.4, 0.5) is 10.5 Å². The van der Waals surface area contributed by atoms with Gasteiger partial charge in [0.2, 0.25) is 0 Å². The number of hydrogen-bond donors (Lipinski definition) is 3. The summed E-state index contributed by atoms with van der Waals surface area (Å²) in [6, 6.07) is 8.29. The summed E-state index contributed by atoms with van der Waals surface area (Å²) in [6.07, 6.45) is 1.06. The van der Waals surface area contributed by atoms with Crippen LogP contribution in [0.3, 0.4) is 0 Å². The van der Waals surface area contributed by atoms with Crippen LogP contribution in [0.1, 0.15) is 11.8 Å². The van der Waals surface area contributed by atoms with Gasteiger partial charge in [0.05, 0.1) is 20.8 Å². The lowest BCUT2D eigenvalue weighted by Crippen LogP contribution is -2.32. The molecule has 7 nitrogen and oxygen atoms in total. The molecule has 1 unspecified atom stereocenters. The fraction of sp³-hybridized carbons (Fsp3) is 0.312. The van der Waals surface area contributed by atoms with Crippen LogP contribution in [-0.4, -0.2) is 36.5 Å². The summed E-state index contributed by atoms with van der Waals surface area (Å²) in [7, 11) is 4.91. The van der Waals surface area contributed by atoms with E-state index in [4.69, 9.17) is 9.47 Å². The third-order valence-electron chi connectivity index (χ3n) is 3.42. The largest absolute Gasteiger partial charge is 0.493 e. The summed E-state index contributed by atoms with van der Waals surface area (Å²) in [5.41, 5.74) is 1.30. The molecule has 0 aliphatic rings. The van der Waals surface area contributed by atoms with Gasteiger partial charge in [0.1, 0.15) is 6.10 Å². The second kappa shape index (κ2) is 7.55. The zero-order chi connectivity index (χ0) is 16.8. The Kier molecular flexibility index (Phi) is 5.48. The number of anilines is 1. The number of rotatable bonds is 6. The van der Waals surface area contributed by atoms with Crippen LogP contribution in [-0.2, 0) is 7.05 Å². The van der Waals surface area contributed by atoms with Crippen molar-refractivity contribution in [2.45, 2.75) is 6.10 Å². The highest BCUT2D eigenvalue weighted by Crippen LogP contribution is 2.29. The minimum Gasteiger partial charge on any atom is -0.493 e. The van der Waals surface area contributed by atoms with Crippen molar-refractivity contribution in [2.75, 3.05) is 26.1 Å². The highest BCUT2D eigenvalue weighted by Gasteiger charge is 2.12. The second-order valence-electron chi connectivity index (χ2n) is 4.96. The molecular weight excluding hydrogens is 298 g/mol. The Morgan fingerprint density at radius 2 is 2.00 bits per heavy atom. The molecule has 0 spiro atoms. The van der Waals surface area contributed by atoms with E-state index >= 15 is 0 Å². The lowest BCUT2D eigenvalue weighted by atomic mass is 10.2. The highest BCUT2D eigenvalue weighted by molar-refractivity contribution is 5.89. The number of carbonyl (C=O) groups is 1. The minimum absolute atomic E-state index is 0.108. The SMILES string of the molecule is COc1ccc(NC(=O)NCC(O)c2cccn2C)cc1OC. The van der Waals surface area contributed by atoms with Crippen LogP contribution in [0.15, 0.2) is 36.5 Å². The Bertz CT molecular complexity index is 669. The Morgan fingerprint density at radius 3 is 2.61 bits per heavy atom. The molecule has 1 atom stereocenters. The van der Waals surface area contributed by atoms with Crippen LogP contribution in [0.2, 0.25) is 0 Å². The van der Waals surface area contributed by atoms with Gasteiger partial charge in [-0.1, -0.05) is 0 Å². The summed E-state index contributed by atoms with van der Waals surface area (Å²) in [6.45, 7) is 0.108. The average Bonchev–Trinajstić information content (AvgIpc) is 2.98. The molecule has 0 aliphatic carbocycles. The van der Waals surface area contributed by atoms with Gasteiger partial charge in [-0.3, -0.25) is 0 Å². The molecular formula is C16H21N3O4. The Morgan fingerprint density at radius 1 is 1.26 bits per heavy atom. The molecule has 1 aromatic carbocycles. The van der Waals surface area contributed by atoms with Crippen LogP contribution >= 0.6 is 0 Å². The maximum Gasteiger partial charge on any atom is 0.319 e. The quantitative estimate of drug-likeness (QED) is 0.759. The fourth-order valence-electron chi connectivity index (χ4n) is 2.20. The van der Waals surface area contributed by atoms with E-state index in [1.165, 1.54) is 7.11 Å². The van der Waals surface area contributed by atoms with Gasteiger partial charge in [-0.2, -0.15) is 0 Å². The number of aliphatic hydroxyl groups is 1. The van der Waals surface area contributed by atoms with Gasteiger partial charge in [0, 0.05) is 30.7 Å². The van der Waals surface area contributed by atoms with Crippen molar-refractivity contribution in [3.8, 4) is 11.5 Å². The molecule has 0 saturated carbocycles. The second-order valence-corrected chi connectivity index (χ2v) is 4.96. The monoisotopic (exact) mass is 319 g/mol. The van der Waals surface area contributed by atoms with E-state index in [1.54, 1.807) is 35.9 Å². The van der Waals surface area contributed by atoms with E-state index in [0.717, 1.165) is 5.69 Å². The molecule has 0 radical (unpaired) electrons. The Labute approximate surface area is 134 Å². The molecule has 1 heterocycles. The molecule has 0 aliphatic heterocycles. The minimum atomic E-state index is -0.772. The van der Waals surface area contributed by atoms with Gasteiger partial charge in [-0.05, 0) is 24.3 Å². The molecule has 1 aromatic heterocycles. The van der Waals surface area contributed by atoms with Crippen LogP contribution in [0.25, 0.3) is 0 Å². The van der Waals surface area contributed by atoms with Crippen molar-refractivity contribution >= 4 is 11.7 Å². The van der Waals surface area contributed by atoms with Crippen molar-refractivity contribution in [2.24, 2.45) is 7.05 Å². The number of aryl methyl sites for hydroxylation is 1. The molecule has 2 aromatic rings. The molecule has 0 fully saturated rings. The third-order valence-corrected chi connectivity index (χ3v) is 3.42. The van der Waals surface area contributed by atoms with E-state index in [-0.39, 0.29) is 6.54 Å². The Balaban J connectivity index is 1.91. The molecule has 23 heavy (non-hydrogen) atoms. The van der Waals surface area contributed by atoms with E-state index in [2.05, 4.69) is 10.6 Å². The predicted molar refractivity (Wildman–Crippen MR) is 86.9 cm³/mol. The molecule has 0 bridgehead atoms. The first-order valence-electron chi connectivity index (χ1n) is 7.11. The average molecular weight is 319 g/mol. The number of nitrogens with zero attached hydrogens (tertiary/aromatic N) is 1. The number of urea groups is 1. The van der Waals surface area contributed by atoms with Crippen molar-refractivity contribution in [3.05, 3.63) is 42.2 Å². The number of benzene rings is 1. The number of nitrogens with one attached hydrogen (secondary N) is 2. The number of ether oxygens (including phenoxy) is 2. The number of amides is 2. The summed E-state index contributed by atoms with van der Waals surface area (Å²) in [5, 5.41) is 15.4. The lowest BCUT2D eigenvalue weighted by molar-refractivity contribution is 0.167. The third kappa shape index (κ3) is 4.17. The number of carbonyl (C=O) groups excluding carboxylic acids is 1. The first-order chi connectivity index (χ1) is 11.0. The maximum absolute atomic E-state index is 11.9. The number of aromatic nitrogens is 1. The first kappa shape index (κ1) is 16.7. The molecule has 2 amide bonds. The van der Waals surface area contributed by atoms with Crippen molar-refractivity contribution < 1.29 is 19.4 Å². The van der Waals surface area contributed by atoms with Gasteiger partial charge < -0.3 is 29.8 Å². The van der Waals surface area contributed by atoms with Crippen molar-refractivity contribution in [1.82, 2.24) is 9.88 Å². The summed E-state index contributed by atoms with van der Waals surface area (Å²) >= 11 is 0. The normalized spacial score (nSPS) is 11.7. The maximum atomic E-state index is 11.9. The number of aliphatic hydroxyl groups excluding tert-OH is 1. The smallest absolute Gasteiger partial charge is 0.319 e. The molecule has 7 heteroatoms.